The van der Waals surface area contributed by atoms with Gasteiger partial charge in [-0.05, 0) is 55.5 Å². The molecule has 1 atom stereocenters. The van der Waals surface area contributed by atoms with Crippen LogP contribution in [0.4, 0.5) is 0 Å². The van der Waals surface area contributed by atoms with Crippen molar-refractivity contribution in [2.75, 3.05) is 12.4 Å². The standard InChI is InChI=1S/C25H31ClN2O2S/c1-3-30-20-12-10-18(11-13-20)14-25-27-22-16-24(31(29)4-2)21(26)15-23(22)28(25)17-19-8-6-5-7-9-19/h10-13,15-16,19H,3-9,14,17H2,1-2H3. The van der Waals surface area contributed by atoms with E-state index in [1.54, 1.807) is 0 Å². The molecule has 0 bridgehead atoms. The SMILES string of the molecule is CCOc1ccc(Cc2nc3cc(S(=O)CC)c(Cl)cc3n2CC2CCCCC2)cc1. The fourth-order valence-electron chi connectivity index (χ4n) is 4.53. The number of nitrogens with zero attached hydrogens (tertiary/aromatic N) is 2. The zero-order valence-corrected chi connectivity index (χ0v) is 20.0. The van der Waals surface area contributed by atoms with Crippen LogP contribution in [0.2, 0.25) is 5.02 Å². The van der Waals surface area contributed by atoms with Crippen LogP contribution in [-0.2, 0) is 23.8 Å². The molecule has 1 fully saturated rings. The second-order valence-electron chi connectivity index (χ2n) is 8.30. The molecule has 2 aromatic carbocycles. The van der Waals surface area contributed by atoms with Gasteiger partial charge < -0.3 is 9.30 Å². The zero-order chi connectivity index (χ0) is 21.8. The van der Waals surface area contributed by atoms with Crippen LogP contribution < -0.4 is 4.74 Å². The highest BCUT2D eigenvalue weighted by atomic mass is 35.5. The monoisotopic (exact) mass is 458 g/mol. The van der Waals surface area contributed by atoms with E-state index in [1.165, 1.54) is 37.7 Å². The van der Waals surface area contributed by atoms with Crippen molar-refractivity contribution in [1.82, 2.24) is 9.55 Å². The van der Waals surface area contributed by atoms with Crippen molar-refractivity contribution in [1.29, 1.82) is 0 Å². The second kappa shape index (κ2) is 10.2. The van der Waals surface area contributed by atoms with Crippen LogP contribution in [0, 0.1) is 5.92 Å². The highest BCUT2D eigenvalue weighted by molar-refractivity contribution is 7.85. The van der Waals surface area contributed by atoms with Gasteiger partial charge in [-0.3, -0.25) is 4.21 Å². The number of benzene rings is 2. The van der Waals surface area contributed by atoms with Crippen LogP contribution >= 0.6 is 11.6 Å². The zero-order valence-electron chi connectivity index (χ0n) is 18.4. The third-order valence-electron chi connectivity index (χ3n) is 6.15. The number of halogens is 1. The first-order valence-corrected chi connectivity index (χ1v) is 13.1. The Morgan fingerprint density at radius 1 is 1.13 bits per heavy atom. The molecule has 0 radical (unpaired) electrons. The Balaban J connectivity index is 1.72. The molecule has 31 heavy (non-hydrogen) atoms. The summed E-state index contributed by atoms with van der Waals surface area (Å²) in [6, 6.07) is 12.2. The quantitative estimate of drug-likeness (QED) is 0.393. The summed E-state index contributed by atoms with van der Waals surface area (Å²) in [4.78, 5) is 5.68. The average Bonchev–Trinajstić information content (AvgIpc) is 3.10. The van der Waals surface area contributed by atoms with Crippen LogP contribution in [0.5, 0.6) is 5.75 Å². The third kappa shape index (κ3) is 5.15. The van der Waals surface area contributed by atoms with Crippen molar-refractivity contribution >= 4 is 33.4 Å². The summed E-state index contributed by atoms with van der Waals surface area (Å²) in [6.07, 6.45) is 7.26. The Labute approximate surface area is 192 Å². The molecule has 0 amide bonds. The molecule has 6 heteroatoms. The summed E-state index contributed by atoms with van der Waals surface area (Å²) >= 11 is 6.56. The van der Waals surface area contributed by atoms with E-state index in [4.69, 9.17) is 21.3 Å². The molecule has 0 aliphatic heterocycles. The Hall–Kier alpha value is -1.85. The Kier molecular flexibility index (Phi) is 7.34. The number of ether oxygens (including phenoxy) is 1. The summed E-state index contributed by atoms with van der Waals surface area (Å²) < 4.78 is 20.4. The van der Waals surface area contributed by atoms with Gasteiger partial charge in [-0.2, -0.15) is 0 Å². The van der Waals surface area contributed by atoms with Gasteiger partial charge in [0, 0.05) is 18.7 Å². The summed E-state index contributed by atoms with van der Waals surface area (Å²) in [6.45, 7) is 5.54. The molecule has 1 aromatic heterocycles. The molecule has 3 aromatic rings. The first-order chi connectivity index (χ1) is 15.1. The molecule has 4 rings (SSSR count). The van der Waals surface area contributed by atoms with E-state index in [0.29, 0.717) is 28.2 Å². The molecule has 0 saturated heterocycles. The predicted octanol–water partition coefficient (Wildman–Crippen LogP) is 6.39. The van der Waals surface area contributed by atoms with Gasteiger partial charge in [-0.15, -0.1) is 0 Å². The maximum Gasteiger partial charge on any atom is 0.119 e. The van der Waals surface area contributed by atoms with Gasteiger partial charge in [-0.25, -0.2) is 4.98 Å². The van der Waals surface area contributed by atoms with Crippen LogP contribution in [0.1, 0.15) is 57.3 Å². The van der Waals surface area contributed by atoms with Crippen molar-refractivity contribution in [2.24, 2.45) is 5.92 Å². The van der Waals surface area contributed by atoms with Crippen molar-refractivity contribution < 1.29 is 8.95 Å². The molecule has 0 N–H and O–H groups in total. The van der Waals surface area contributed by atoms with E-state index in [1.807, 2.05) is 38.1 Å². The first kappa shape index (κ1) is 22.3. The number of fused-ring (bicyclic) bond motifs is 1. The molecule has 0 spiro atoms. The Morgan fingerprint density at radius 2 is 1.87 bits per heavy atom. The lowest BCUT2D eigenvalue weighted by atomic mass is 9.89. The highest BCUT2D eigenvalue weighted by Crippen LogP contribution is 2.31. The van der Waals surface area contributed by atoms with Crippen molar-refractivity contribution in [3.05, 3.63) is 52.8 Å². The predicted molar refractivity (Wildman–Crippen MR) is 129 cm³/mol. The minimum Gasteiger partial charge on any atom is -0.494 e. The molecule has 1 unspecified atom stereocenters. The molecule has 1 heterocycles. The van der Waals surface area contributed by atoms with E-state index < -0.39 is 10.8 Å². The van der Waals surface area contributed by atoms with Crippen LogP contribution in [0.15, 0.2) is 41.3 Å². The van der Waals surface area contributed by atoms with E-state index >= 15 is 0 Å². The largest absolute Gasteiger partial charge is 0.494 e. The fourth-order valence-corrected chi connectivity index (χ4v) is 5.77. The van der Waals surface area contributed by atoms with Gasteiger partial charge in [-0.1, -0.05) is 49.9 Å². The molecule has 1 aliphatic rings. The fraction of sp³-hybridized carbons (Fsp3) is 0.480. The molecule has 1 saturated carbocycles. The summed E-state index contributed by atoms with van der Waals surface area (Å²) in [7, 11) is -1.10. The lowest BCUT2D eigenvalue weighted by Gasteiger charge is -2.23. The molecular weight excluding hydrogens is 428 g/mol. The first-order valence-electron chi connectivity index (χ1n) is 11.4. The second-order valence-corrected chi connectivity index (χ2v) is 10.4. The number of rotatable bonds is 8. The maximum absolute atomic E-state index is 12.4. The number of aromatic nitrogens is 2. The summed E-state index contributed by atoms with van der Waals surface area (Å²) in [5.41, 5.74) is 3.14. The molecular formula is C25H31ClN2O2S. The van der Waals surface area contributed by atoms with Gasteiger partial charge >= 0.3 is 0 Å². The van der Waals surface area contributed by atoms with Gasteiger partial charge in [0.2, 0.25) is 0 Å². The molecule has 1 aliphatic carbocycles. The highest BCUT2D eigenvalue weighted by Gasteiger charge is 2.20. The third-order valence-corrected chi connectivity index (χ3v) is 7.93. The summed E-state index contributed by atoms with van der Waals surface area (Å²) in [5.74, 6) is 3.15. The molecule has 166 valence electrons. The summed E-state index contributed by atoms with van der Waals surface area (Å²) in [5, 5.41) is 0.574. The van der Waals surface area contributed by atoms with Crippen LogP contribution in [-0.4, -0.2) is 26.1 Å². The minimum absolute atomic E-state index is 0.549. The average molecular weight is 459 g/mol. The van der Waals surface area contributed by atoms with Gasteiger partial charge in [0.15, 0.2) is 0 Å². The number of hydrogen-bond donors (Lipinski definition) is 0. The van der Waals surface area contributed by atoms with Gasteiger partial charge in [0.1, 0.15) is 11.6 Å². The molecule has 4 nitrogen and oxygen atoms in total. The number of hydrogen-bond acceptors (Lipinski definition) is 3. The van der Waals surface area contributed by atoms with Gasteiger partial charge in [0.05, 0.1) is 38.4 Å². The van der Waals surface area contributed by atoms with E-state index in [0.717, 1.165) is 35.6 Å². The lowest BCUT2D eigenvalue weighted by molar-refractivity contribution is 0.319. The normalized spacial score (nSPS) is 16.0. The minimum atomic E-state index is -1.10. The van der Waals surface area contributed by atoms with Gasteiger partial charge in [0.25, 0.3) is 0 Å². The smallest absolute Gasteiger partial charge is 0.119 e. The Morgan fingerprint density at radius 3 is 2.55 bits per heavy atom. The van der Waals surface area contributed by atoms with E-state index in [9.17, 15) is 4.21 Å². The number of imidazole rings is 1. The van der Waals surface area contributed by atoms with Crippen molar-refractivity contribution in [2.45, 2.75) is 63.8 Å². The maximum atomic E-state index is 12.4. The topological polar surface area (TPSA) is 44.1 Å². The van der Waals surface area contributed by atoms with Crippen LogP contribution in [0.25, 0.3) is 11.0 Å². The lowest BCUT2D eigenvalue weighted by Crippen LogP contribution is -2.16. The Bertz CT molecular complexity index is 1060. The van der Waals surface area contributed by atoms with E-state index in [-0.39, 0.29) is 0 Å². The van der Waals surface area contributed by atoms with E-state index in [2.05, 4.69) is 16.7 Å². The van der Waals surface area contributed by atoms with Crippen LogP contribution in [0.3, 0.4) is 0 Å². The van der Waals surface area contributed by atoms with Crippen molar-refractivity contribution in [3.8, 4) is 5.75 Å². The van der Waals surface area contributed by atoms with Crippen molar-refractivity contribution in [3.63, 3.8) is 0 Å².